The number of fused-ring (bicyclic) bond motifs is 3. The van der Waals surface area contributed by atoms with E-state index in [4.69, 9.17) is 5.73 Å². The summed E-state index contributed by atoms with van der Waals surface area (Å²) in [6, 6.07) is 0.790. The number of urea groups is 1. The standard InChI is InChI=1S/C26H32N4O9/c1-5-8-28-25(38)29-11-7-6-10-9(2)12-14(19(32)13(10)18(11)31)22(35)26(39)16(20(12)33)17(30(3)4)21(34)15(23(26)36)24(27)37/h6-7,9,12,14-17,20,31,33,39H,5,8H2,1-4H3,(H2,27,37)(H2,28,29,38)/t9-,12+,14?,15?,16+,17-,20-,26-/m0/s1. The summed E-state index contributed by atoms with van der Waals surface area (Å²) < 4.78 is 0. The number of aliphatic hydroxyl groups excluding tert-OH is 1. The zero-order valence-corrected chi connectivity index (χ0v) is 21.9. The van der Waals surface area contributed by atoms with Crippen molar-refractivity contribution in [3.05, 3.63) is 23.3 Å². The molecule has 2 unspecified atom stereocenters. The Bertz CT molecular complexity index is 1290. The van der Waals surface area contributed by atoms with E-state index in [-0.39, 0.29) is 16.8 Å². The van der Waals surface area contributed by atoms with Gasteiger partial charge in [0.25, 0.3) is 0 Å². The number of carbonyl (C=O) groups excluding carboxylic acids is 6. The molecule has 13 heteroatoms. The second kappa shape index (κ2) is 9.81. The number of phenolic OH excluding ortho intramolecular Hbond substituents is 1. The van der Waals surface area contributed by atoms with Gasteiger partial charge in [-0.15, -0.1) is 0 Å². The number of benzene rings is 1. The van der Waals surface area contributed by atoms with Gasteiger partial charge < -0.3 is 31.7 Å². The third-order valence-electron chi connectivity index (χ3n) is 8.27. The number of anilines is 1. The van der Waals surface area contributed by atoms with E-state index in [1.54, 1.807) is 6.92 Å². The minimum atomic E-state index is -3.07. The molecule has 1 aromatic rings. The van der Waals surface area contributed by atoms with Gasteiger partial charge in [0.15, 0.2) is 34.7 Å². The van der Waals surface area contributed by atoms with Crippen LogP contribution in [0.1, 0.15) is 42.1 Å². The summed E-state index contributed by atoms with van der Waals surface area (Å²) in [4.78, 5) is 79.8. The Morgan fingerprint density at radius 3 is 2.33 bits per heavy atom. The molecule has 1 aromatic carbocycles. The van der Waals surface area contributed by atoms with Gasteiger partial charge in [-0.1, -0.05) is 19.9 Å². The average Bonchev–Trinajstić information content (AvgIpc) is 2.85. The largest absolute Gasteiger partial charge is 0.505 e. The van der Waals surface area contributed by atoms with Crippen molar-refractivity contribution in [3.8, 4) is 5.75 Å². The van der Waals surface area contributed by atoms with Crippen LogP contribution < -0.4 is 16.4 Å². The number of primary amides is 1. The highest BCUT2D eigenvalue weighted by molar-refractivity contribution is 6.32. The van der Waals surface area contributed by atoms with E-state index in [0.29, 0.717) is 13.0 Å². The zero-order valence-electron chi connectivity index (χ0n) is 21.9. The van der Waals surface area contributed by atoms with Crippen LogP contribution in [0.15, 0.2) is 12.1 Å². The summed E-state index contributed by atoms with van der Waals surface area (Å²) in [6.07, 6.45) is -1.05. The predicted molar refractivity (Wildman–Crippen MR) is 135 cm³/mol. The number of nitrogens with zero attached hydrogens (tertiary/aromatic N) is 1. The molecule has 13 nitrogen and oxygen atoms in total. The number of phenols is 1. The summed E-state index contributed by atoms with van der Waals surface area (Å²) in [5.74, 6) is -14.2. The summed E-state index contributed by atoms with van der Waals surface area (Å²) in [5.41, 5.74) is 2.10. The number of nitrogens with two attached hydrogens (primary N) is 1. The Balaban J connectivity index is 1.85. The van der Waals surface area contributed by atoms with Gasteiger partial charge in [0.2, 0.25) is 5.91 Å². The molecule has 3 aliphatic carbocycles. The van der Waals surface area contributed by atoms with Crippen LogP contribution in [0.3, 0.4) is 0 Å². The molecule has 8 atom stereocenters. The van der Waals surface area contributed by atoms with E-state index in [9.17, 15) is 44.1 Å². The Hall–Kier alpha value is -3.68. The zero-order chi connectivity index (χ0) is 29.1. The van der Waals surface area contributed by atoms with Gasteiger partial charge in [-0.2, -0.15) is 0 Å². The number of likely N-dealkylation sites (N-methyl/N-ethyl adjacent to an activating group) is 1. The van der Waals surface area contributed by atoms with Gasteiger partial charge in [-0.05, 0) is 38.1 Å². The van der Waals surface area contributed by atoms with Crippen molar-refractivity contribution in [2.45, 2.75) is 43.9 Å². The lowest BCUT2D eigenvalue weighted by atomic mass is 9.49. The molecular weight excluding hydrogens is 512 g/mol. The van der Waals surface area contributed by atoms with Crippen molar-refractivity contribution < 1.29 is 44.1 Å². The average molecular weight is 545 g/mol. The molecule has 0 spiro atoms. The van der Waals surface area contributed by atoms with E-state index >= 15 is 0 Å². The van der Waals surface area contributed by atoms with E-state index < -0.39 is 88.2 Å². The summed E-state index contributed by atoms with van der Waals surface area (Å²) in [6.45, 7) is 3.81. The Morgan fingerprint density at radius 1 is 1.13 bits per heavy atom. The molecule has 0 bridgehead atoms. The number of aliphatic hydroxyl groups is 2. The van der Waals surface area contributed by atoms with Crippen LogP contribution in [0, 0.1) is 23.7 Å². The van der Waals surface area contributed by atoms with Crippen LogP contribution in [0.2, 0.25) is 0 Å². The highest BCUT2D eigenvalue weighted by Gasteiger charge is 2.72. The fourth-order valence-electron chi connectivity index (χ4n) is 6.50. The van der Waals surface area contributed by atoms with E-state index in [1.165, 1.54) is 31.1 Å². The first-order chi connectivity index (χ1) is 18.2. The number of hydrogen-bond donors (Lipinski definition) is 6. The van der Waals surface area contributed by atoms with Crippen molar-refractivity contribution in [1.82, 2.24) is 10.2 Å². The predicted octanol–water partition coefficient (Wildman–Crippen LogP) is -1.07. The Kier molecular flexibility index (Phi) is 7.13. The number of rotatable bonds is 5. The maximum absolute atomic E-state index is 13.9. The molecule has 39 heavy (non-hydrogen) atoms. The van der Waals surface area contributed by atoms with Crippen molar-refractivity contribution in [2.24, 2.45) is 29.4 Å². The number of hydrogen-bond acceptors (Lipinski definition) is 10. The molecule has 3 amide bonds. The number of Topliss-reactive ketones (excluding diaryl/α,β-unsaturated/α-hetero) is 4. The van der Waals surface area contributed by atoms with Crippen molar-refractivity contribution in [2.75, 3.05) is 26.0 Å². The molecule has 3 aliphatic rings. The van der Waals surface area contributed by atoms with E-state index in [1.807, 2.05) is 6.92 Å². The fraction of sp³-hybridized carbons (Fsp3) is 0.538. The van der Waals surface area contributed by atoms with Crippen LogP contribution in [0.5, 0.6) is 5.75 Å². The molecule has 4 rings (SSSR count). The molecular formula is C26H32N4O9. The second-order valence-electron chi connectivity index (χ2n) is 10.7. The van der Waals surface area contributed by atoms with E-state index in [0.717, 1.165) is 0 Å². The number of aromatic hydroxyl groups is 1. The second-order valence-corrected chi connectivity index (χ2v) is 10.7. The molecule has 210 valence electrons. The molecule has 0 saturated heterocycles. The lowest BCUT2D eigenvalue weighted by molar-refractivity contribution is -0.196. The van der Waals surface area contributed by atoms with Crippen LogP contribution in [-0.4, -0.2) is 93.7 Å². The van der Waals surface area contributed by atoms with Crippen molar-refractivity contribution >= 4 is 40.8 Å². The maximum atomic E-state index is 13.9. The summed E-state index contributed by atoms with van der Waals surface area (Å²) >= 11 is 0. The lowest BCUT2D eigenvalue weighted by Crippen LogP contribution is -2.77. The van der Waals surface area contributed by atoms with Gasteiger partial charge in [-0.3, -0.25) is 28.9 Å². The third kappa shape index (κ3) is 3.95. The number of amides is 3. The first-order valence-electron chi connectivity index (χ1n) is 12.6. The van der Waals surface area contributed by atoms with Crippen molar-refractivity contribution in [1.29, 1.82) is 0 Å². The minimum absolute atomic E-state index is 0.109. The molecule has 2 fully saturated rings. The SMILES string of the molecule is CCCNC(=O)Nc1ccc2c(c1O)C(=O)C1C(=O)[C@]3(O)C(=O)C(C(N)=O)C(=O)[C@@H](N(C)C)[C@@H]3[C@@H](O)[C@@H]1[C@H]2C. The first kappa shape index (κ1) is 28.3. The molecule has 7 N–H and O–H groups in total. The minimum Gasteiger partial charge on any atom is -0.505 e. The molecule has 0 aromatic heterocycles. The molecule has 0 radical (unpaired) electrons. The van der Waals surface area contributed by atoms with Crippen LogP contribution in [0.4, 0.5) is 10.5 Å². The van der Waals surface area contributed by atoms with Crippen molar-refractivity contribution in [3.63, 3.8) is 0 Å². The Morgan fingerprint density at radius 2 is 1.77 bits per heavy atom. The van der Waals surface area contributed by atoms with Crippen LogP contribution in [-0.2, 0) is 19.2 Å². The summed E-state index contributed by atoms with van der Waals surface area (Å²) in [7, 11) is 2.85. The smallest absolute Gasteiger partial charge is 0.319 e. The normalized spacial score (nSPS) is 33.8. The number of carbonyl (C=O) groups is 6. The Labute approximate surface area is 223 Å². The monoisotopic (exact) mass is 544 g/mol. The highest BCUT2D eigenvalue weighted by atomic mass is 16.3. The van der Waals surface area contributed by atoms with Crippen LogP contribution in [0.25, 0.3) is 0 Å². The third-order valence-corrected chi connectivity index (χ3v) is 8.27. The number of ketones is 4. The van der Waals surface area contributed by atoms with Crippen LogP contribution >= 0.6 is 0 Å². The van der Waals surface area contributed by atoms with E-state index in [2.05, 4.69) is 10.6 Å². The van der Waals surface area contributed by atoms with Gasteiger partial charge >= 0.3 is 6.03 Å². The molecule has 2 saturated carbocycles. The summed E-state index contributed by atoms with van der Waals surface area (Å²) in [5, 5.41) is 39.2. The van der Waals surface area contributed by atoms with Gasteiger partial charge in [0.05, 0.1) is 35.2 Å². The fourth-order valence-corrected chi connectivity index (χ4v) is 6.50. The highest BCUT2D eigenvalue weighted by Crippen LogP contribution is 2.55. The van der Waals surface area contributed by atoms with Gasteiger partial charge in [0, 0.05) is 12.5 Å². The van der Waals surface area contributed by atoms with Gasteiger partial charge in [0.1, 0.15) is 5.75 Å². The lowest BCUT2D eigenvalue weighted by Gasteiger charge is -2.56. The van der Waals surface area contributed by atoms with Gasteiger partial charge in [-0.25, -0.2) is 4.79 Å². The topological polar surface area (TPSA) is 216 Å². The molecule has 0 heterocycles. The number of nitrogens with one attached hydrogen (secondary N) is 2. The quantitative estimate of drug-likeness (QED) is 0.195. The maximum Gasteiger partial charge on any atom is 0.319 e. The molecule has 0 aliphatic heterocycles. The first-order valence-corrected chi connectivity index (χ1v) is 12.6.